The van der Waals surface area contributed by atoms with Gasteiger partial charge >= 0.3 is 6.18 Å². The van der Waals surface area contributed by atoms with Crippen LogP contribution >= 0.6 is 11.6 Å². The summed E-state index contributed by atoms with van der Waals surface area (Å²) in [5.41, 5.74) is -1.14. The first-order valence-corrected chi connectivity index (χ1v) is 4.49. The standard InChI is InChI=1S/C8H8ClF3N4/c1-16(2)4-14-7-6(9)15-5(3-13-7)8(10,11)12/h3-4H,1-2H3. The zero-order valence-electron chi connectivity index (χ0n) is 8.46. The van der Waals surface area contributed by atoms with Crippen molar-refractivity contribution in [3.63, 3.8) is 0 Å². The maximum absolute atomic E-state index is 12.2. The van der Waals surface area contributed by atoms with E-state index in [1.165, 1.54) is 6.34 Å². The van der Waals surface area contributed by atoms with Crippen molar-refractivity contribution in [2.45, 2.75) is 6.18 Å². The normalized spacial score (nSPS) is 12.1. The van der Waals surface area contributed by atoms with Crippen molar-refractivity contribution < 1.29 is 13.2 Å². The van der Waals surface area contributed by atoms with Crippen LogP contribution in [0.5, 0.6) is 0 Å². The Balaban J connectivity index is 3.01. The summed E-state index contributed by atoms with van der Waals surface area (Å²) in [5.74, 6) is -0.0524. The SMILES string of the molecule is CN(C)C=Nc1ncc(C(F)(F)F)nc1Cl. The first-order valence-electron chi connectivity index (χ1n) is 4.11. The minimum absolute atomic E-state index is 0.0524. The van der Waals surface area contributed by atoms with E-state index >= 15 is 0 Å². The van der Waals surface area contributed by atoms with Gasteiger partial charge in [-0.15, -0.1) is 0 Å². The molecule has 1 heterocycles. The van der Waals surface area contributed by atoms with Crippen LogP contribution in [0.3, 0.4) is 0 Å². The van der Waals surface area contributed by atoms with Crippen molar-refractivity contribution in [1.82, 2.24) is 14.9 Å². The summed E-state index contributed by atoms with van der Waals surface area (Å²) >= 11 is 5.51. The van der Waals surface area contributed by atoms with Crippen molar-refractivity contribution >= 4 is 23.8 Å². The molecule has 0 spiro atoms. The van der Waals surface area contributed by atoms with Gasteiger partial charge in [0.05, 0.1) is 12.5 Å². The summed E-state index contributed by atoms with van der Waals surface area (Å²) in [6.07, 6.45) is -2.60. The molecule has 8 heteroatoms. The fourth-order valence-electron chi connectivity index (χ4n) is 0.754. The van der Waals surface area contributed by atoms with Gasteiger partial charge in [0.2, 0.25) is 0 Å². The Morgan fingerprint density at radius 1 is 1.44 bits per heavy atom. The van der Waals surface area contributed by atoms with Crippen LogP contribution in [0.15, 0.2) is 11.2 Å². The van der Waals surface area contributed by atoms with E-state index in [0.717, 1.165) is 0 Å². The molecule has 16 heavy (non-hydrogen) atoms. The van der Waals surface area contributed by atoms with E-state index in [-0.39, 0.29) is 11.0 Å². The average molecular weight is 253 g/mol. The molecule has 0 saturated heterocycles. The first-order chi connectivity index (χ1) is 7.30. The van der Waals surface area contributed by atoms with Gasteiger partial charge in [-0.05, 0) is 0 Å². The lowest BCUT2D eigenvalue weighted by atomic mass is 10.4. The van der Waals surface area contributed by atoms with Gasteiger partial charge in [0.1, 0.15) is 0 Å². The number of rotatable bonds is 2. The van der Waals surface area contributed by atoms with Gasteiger partial charge in [0.25, 0.3) is 0 Å². The Kier molecular flexibility index (Phi) is 3.69. The quantitative estimate of drug-likeness (QED) is 0.599. The monoisotopic (exact) mass is 252 g/mol. The molecule has 0 radical (unpaired) electrons. The van der Waals surface area contributed by atoms with Gasteiger partial charge in [0.15, 0.2) is 16.7 Å². The Bertz CT molecular complexity index is 403. The van der Waals surface area contributed by atoms with E-state index in [2.05, 4.69) is 15.0 Å². The predicted octanol–water partition coefficient (Wildman–Crippen LogP) is 2.37. The highest BCUT2D eigenvalue weighted by Gasteiger charge is 2.33. The Morgan fingerprint density at radius 3 is 2.50 bits per heavy atom. The van der Waals surface area contributed by atoms with E-state index in [0.29, 0.717) is 6.20 Å². The Labute approximate surface area is 94.8 Å². The molecular formula is C8H8ClF3N4. The van der Waals surface area contributed by atoms with E-state index in [4.69, 9.17) is 11.6 Å². The number of hydrogen-bond donors (Lipinski definition) is 0. The summed E-state index contributed by atoms with van der Waals surface area (Å²) < 4.78 is 36.6. The highest BCUT2D eigenvalue weighted by molar-refractivity contribution is 6.31. The van der Waals surface area contributed by atoms with E-state index < -0.39 is 11.9 Å². The smallest absolute Gasteiger partial charge is 0.369 e. The van der Waals surface area contributed by atoms with E-state index in [9.17, 15) is 13.2 Å². The molecule has 1 rings (SSSR count). The second-order valence-electron chi connectivity index (χ2n) is 3.08. The van der Waals surface area contributed by atoms with Crippen LogP contribution in [0.1, 0.15) is 5.69 Å². The van der Waals surface area contributed by atoms with Crippen molar-refractivity contribution in [3.8, 4) is 0 Å². The lowest BCUT2D eigenvalue weighted by Crippen LogP contribution is -2.09. The molecule has 0 N–H and O–H groups in total. The molecule has 1 aromatic heterocycles. The molecule has 0 unspecified atom stereocenters. The fourth-order valence-corrected chi connectivity index (χ4v) is 0.942. The number of aliphatic imine (C=N–C) groups is 1. The third-order valence-corrected chi connectivity index (χ3v) is 1.67. The van der Waals surface area contributed by atoms with Crippen molar-refractivity contribution in [2.75, 3.05) is 14.1 Å². The molecule has 0 aromatic carbocycles. The summed E-state index contributed by atoms with van der Waals surface area (Å²) in [6, 6.07) is 0. The zero-order valence-corrected chi connectivity index (χ0v) is 9.21. The van der Waals surface area contributed by atoms with Crippen LogP contribution in [0.4, 0.5) is 19.0 Å². The van der Waals surface area contributed by atoms with Crippen LogP contribution in [-0.4, -0.2) is 35.3 Å². The second kappa shape index (κ2) is 4.65. The minimum atomic E-state index is -4.56. The molecule has 0 atom stereocenters. The van der Waals surface area contributed by atoms with Crippen molar-refractivity contribution in [2.24, 2.45) is 4.99 Å². The molecule has 0 amide bonds. The largest absolute Gasteiger partial charge is 0.434 e. The maximum Gasteiger partial charge on any atom is 0.434 e. The molecule has 0 aliphatic rings. The first kappa shape index (κ1) is 12.7. The average Bonchev–Trinajstić information content (AvgIpc) is 2.14. The zero-order chi connectivity index (χ0) is 12.3. The number of hydrogen-bond acceptors (Lipinski definition) is 3. The summed E-state index contributed by atoms with van der Waals surface area (Å²) in [4.78, 5) is 12.0. The van der Waals surface area contributed by atoms with Crippen LogP contribution in [0.2, 0.25) is 5.15 Å². The number of nitrogens with zero attached hydrogens (tertiary/aromatic N) is 4. The fraction of sp³-hybridized carbons (Fsp3) is 0.375. The van der Waals surface area contributed by atoms with Gasteiger partial charge in [-0.1, -0.05) is 11.6 Å². The van der Waals surface area contributed by atoms with Crippen molar-refractivity contribution in [1.29, 1.82) is 0 Å². The molecule has 0 saturated carbocycles. The third kappa shape index (κ3) is 3.34. The van der Waals surface area contributed by atoms with Gasteiger partial charge in [-0.3, -0.25) is 0 Å². The molecule has 1 aromatic rings. The Hall–Kier alpha value is -1.37. The lowest BCUT2D eigenvalue weighted by Gasteiger charge is -2.06. The molecule has 0 fully saturated rings. The lowest BCUT2D eigenvalue weighted by molar-refractivity contribution is -0.141. The number of alkyl halides is 3. The van der Waals surface area contributed by atoms with Crippen LogP contribution in [0, 0.1) is 0 Å². The number of aromatic nitrogens is 2. The topological polar surface area (TPSA) is 41.4 Å². The number of halogens is 4. The van der Waals surface area contributed by atoms with Crippen LogP contribution < -0.4 is 0 Å². The molecule has 0 bridgehead atoms. The predicted molar refractivity (Wildman–Crippen MR) is 53.9 cm³/mol. The van der Waals surface area contributed by atoms with Crippen molar-refractivity contribution in [3.05, 3.63) is 17.0 Å². The van der Waals surface area contributed by atoms with Gasteiger partial charge < -0.3 is 4.90 Å². The maximum atomic E-state index is 12.2. The molecule has 88 valence electrons. The van der Waals surface area contributed by atoms with E-state index in [1.54, 1.807) is 19.0 Å². The minimum Gasteiger partial charge on any atom is -0.369 e. The molecule has 0 aliphatic carbocycles. The van der Waals surface area contributed by atoms with Crippen LogP contribution in [-0.2, 0) is 6.18 Å². The van der Waals surface area contributed by atoms with Gasteiger partial charge in [0, 0.05) is 14.1 Å². The summed E-state index contributed by atoms with van der Waals surface area (Å²) in [7, 11) is 3.41. The highest BCUT2D eigenvalue weighted by Crippen LogP contribution is 2.30. The summed E-state index contributed by atoms with van der Waals surface area (Å²) in [6.45, 7) is 0. The van der Waals surface area contributed by atoms with E-state index in [1.807, 2.05) is 0 Å². The molecule has 0 aliphatic heterocycles. The molecular weight excluding hydrogens is 245 g/mol. The van der Waals surface area contributed by atoms with Crippen LogP contribution in [0.25, 0.3) is 0 Å². The Morgan fingerprint density at radius 2 is 2.06 bits per heavy atom. The van der Waals surface area contributed by atoms with Gasteiger partial charge in [-0.25, -0.2) is 15.0 Å². The second-order valence-corrected chi connectivity index (χ2v) is 3.43. The van der Waals surface area contributed by atoms with Gasteiger partial charge in [-0.2, -0.15) is 13.2 Å². The summed E-state index contributed by atoms with van der Waals surface area (Å²) in [5, 5.41) is -0.382. The third-order valence-electron chi connectivity index (χ3n) is 1.41. The molecule has 4 nitrogen and oxygen atoms in total. The highest BCUT2D eigenvalue weighted by atomic mass is 35.5.